The quantitative estimate of drug-likeness (QED) is 0.338. The largest absolute Gasteiger partial charge is 0.497 e. The van der Waals surface area contributed by atoms with E-state index in [-0.39, 0.29) is 24.9 Å². The Hall–Kier alpha value is -3.74. The van der Waals surface area contributed by atoms with E-state index in [1.165, 1.54) is 0 Å². The Morgan fingerprint density at radius 3 is 2.32 bits per heavy atom. The number of nitrogens with one attached hydrogen (secondary N) is 2. The van der Waals surface area contributed by atoms with E-state index in [9.17, 15) is 9.59 Å². The van der Waals surface area contributed by atoms with Gasteiger partial charge in [-0.25, -0.2) is 0 Å². The smallest absolute Gasteiger partial charge is 0.305 e. The standard InChI is InChI=1S/C27H32N2O5/c1-17(2)15-24(23-16-25(34-18(23)3)19-7-11-22(33-4)12-8-19)29-21-9-5-20(6-10-21)27(32)28-14-13-26(30)31/h5-12,16-17,24,29H,13-15H2,1-4H3,(H,28,32)(H,30,31). The summed E-state index contributed by atoms with van der Waals surface area (Å²) >= 11 is 0. The molecule has 2 aromatic carbocycles. The van der Waals surface area contributed by atoms with Gasteiger partial charge in [0.25, 0.3) is 5.91 Å². The number of hydrogen-bond acceptors (Lipinski definition) is 5. The average molecular weight is 465 g/mol. The summed E-state index contributed by atoms with van der Waals surface area (Å²) in [5, 5.41) is 14.9. The van der Waals surface area contributed by atoms with Gasteiger partial charge >= 0.3 is 5.97 Å². The zero-order valence-electron chi connectivity index (χ0n) is 20.1. The van der Waals surface area contributed by atoms with Crippen molar-refractivity contribution >= 4 is 17.6 Å². The predicted octanol–water partition coefficient (Wildman–Crippen LogP) is 5.67. The van der Waals surface area contributed by atoms with Crippen LogP contribution in [0.25, 0.3) is 11.3 Å². The first-order valence-corrected chi connectivity index (χ1v) is 11.4. The summed E-state index contributed by atoms with van der Waals surface area (Å²) in [5.41, 5.74) is 3.45. The van der Waals surface area contributed by atoms with E-state index >= 15 is 0 Å². The molecule has 7 nitrogen and oxygen atoms in total. The van der Waals surface area contributed by atoms with E-state index in [0.29, 0.717) is 11.5 Å². The highest BCUT2D eigenvalue weighted by Crippen LogP contribution is 2.34. The fourth-order valence-electron chi connectivity index (χ4n) is 3.78. The minimum Gasteiger partial charge on any atom is -0.497 e. The maximum absolute atomic E-state index is 12.2. The van der Waals surface area contributed by atoms with Crippen molar-refractivity contribution < 1.29 is 23.8 Å². The lowest BCUT2D eigenvalue weighted by molar-refractivity contribution is -0.136. The van der Waals surface area contributed by atoms with E-state index in [1.807, 2.05) is 43.3 Å². The van der Waals surface area contributed by atoms with Crippen LogP contribution in [0.15, 0.2) is 59.0 Å². The highest BCUT2D eigenvalue weighted by Gasteiger charge is 2.20. The summed E-state index contributed by atoms with van der Waals surface area (Å²) in [6.45, 7) is 6.43. The topological polar surface area (TPSA) is 101 Å². The van der Waals surface area contributed by atoms with E-state index in [2.05, 4.69) is 30.5 Å². The molecule has 3 rings (SSSR count). The van der Waals surface area contributed by atoms with Gasteiger partial charge in [-0.1, -0.05) is 13.8 Å². The highest BCUT2D eigenvalue weighted by atomic mass is 16.5. The SMILES string of the molecule is COc1ccc(-c2cc(C(CC(C)C)Nc3ccc(C(=O)NCCC(=O)O)cc3)c(C)o2)cc1. The second-order valence-corrected chi connectivity index (χ2v) is 8.65. The molecule has 0 fully saturated rings. The molecular formula is C27H32N2O5. The predicted molar refractivity (Wildman–Crippen MR) is 132 cm³/mol. The molecule has 0 saturated carbocycles. The Labute approximate surface area is 200 Å². The third-order valence-corrected chi connectivity index (χ3v) is 5.53. The van der Waals surface area contributed by atoms with Gasteiger partial charge in [0.2, 0.25) is 0 Å². The van der Waals surface area contributed by atoms with Crippen LogP contribution in [0.4, 0.5) is 5.69 Å². The third kappa shape index (κ3) is 6.63. The van der Waals surface area contributed by atoms with Crippen LogP contribution in [-0.4, -0.2) is 30.6 Å². The van der Waals surface area contributed by atoms with Crippen molar-refractivity contribution in [3.05, 3.63) is 71.5 Å². The van der Waals surface area contributed by atoms with Crippen LogP contribution in [0.3, 0.4) is 0 Å². The van der Waals surface area contributed by atoms with Crippen molar-refractivity contribution in [3.8, 4) is 17.1 Å². The lowest BCUT2D eigenvalue weighted by atomic mass is 9.96. The monoisotopic (exact) mass is 464 g/mol. The first-order valence-electron chi connectivity index (χ1n) is 11.4. The molecule has 1 atom stereocenters. The van der Waals surface area contributed by atoms with Crippen molar-refractivity contribution in [1.82, 2.24) is 5.32 Å². The normalized spacial score (nSPS) is 11.8. The molecule has 0 bridgehead atoms. The Kier molecular flexibility index (Phi) is 8.35. The first kappa shape index (κ1) is 24.9. The number of aliphatic carboxylic acids is 1. The van der Waals surface area contributed by atoms with Crippen LogP contribution in [0.2, 0.25) is 0 Å². The van der Waals surface area contributed by atoms with Gasteiger partial charge in [0.1, 0.15) is 17.3 Å². The van der Waals surface area contributed by atoms with Crippen LogP contribution >= 0.6 is 0 Å². The van der Waals surface area contributed by atoms with Crippen molar-refractivity contribution in [2.75, 3.05) is 19.0 Å². The van der Waals surface area contributed by atoms with Gasteiger partial charge < -0.3 is 24.9 Å². The summed E-state index contributed by atoms with van der Waals surface area (Å²) in [6.07, 6.45) is 0.796. The number of methoxy groups -OCH3 is 1. The summed E-state index contributed by atoms with van der Waals surface area (Å²) in [7, 11) is 1.64. The fourth-order valence-corrected chi connectivity index (χ4v) is 3.78. The molecule has 3 aromatic rings. The summed E-state index contributed by atoms with van der Waals surface area (Å²) in [5.74, 6) is 1.68. The number of ether oxygens (including phenoxy) is 1. The molecule has 7 heteroatoms. The molecule has 0 saturated heterocycles. The van der Waals surface area contributed by atoms with Crippen molar-refractivity contribution in [3.63, 3.8) is 0 Å². The van der Waals surface area contributed by atoms with Crippen LogP contribution in [0.5, 0.6) is 5.75 Å². The molecule has 0 aliphatic heterocycles. The van der Waals surface area contributed by atoms with Crippen molar-refractivity contribution in [1.29, 1.82) is 0 Å². The van der Waals surface area contributed by atoms with Crippen LogP contribution < -0.4 is 15.4 Å². The van der Waals surface area contributed by atoms with E-state index in [4.69, 9.17) is 14.3 Å². The maximum Gasteiger partial charge on any atom is 0.305 e. The van der Waals surface area contributed by atoms with Crippen molar-refractivity contribution in [2.45, 2.75) is 39.7 Å². The lowest BCUT2D eigenvalue weighted by Gasteiger charge is -2.21. The van der Waals surface area contributed by atoms with Gasteiger partial charge in [-0.15, -0.1) is 0 Å². The van der Waals surface area contributed by atoms with E-state index in [1.54, 1.807) is 19.2 Å². The number of hydrogen-bond donors (Lipinski definition) is 3. The van der Waals surface area contributed by atoms with Gasteiger partial charge in [-0.3, -0.25) is 9.59 Å². The molecule has 1 unspecified atom stereocenters. The Bertz CT molecular complexity index is 1100. The number of amides is 1. The minimum absolute atomic E-state index is 0.0333. The number of aryl methyl sites for hydroxylation is 1. The number of carbonyl (C=O) groups is 2. The third-order valence-electron chi connectivity index (χ3n) is 5.53. The van der Waals surface area contributed by atoms with Gasteiger partial charge in [0.15, 0.2) is 0 Å². The Balaban J connectivity index is 1.75. The lowest BCUT2D eigenvalue weighted by Crippen LogP contribution is -2.25. The van der Waals surface area contributed by atoms with Gasteiger partial charge in [0, 0.05) is 28.9 Å². The maximum atomic E-state index is 12.2. The summed E-state index contributed by atoms with van der Waals surface area (Å²) in [6, 6.07) is 17.1. The Morgan fingerprint density at radius 2 is 1.74 bits per heavy atom. The second-order valence-electron chi connectivity index (χ2n) is 8.65. The summed E-state index contributed by atoms with van der Waals surface area (Å²) in [4.78, 5) is 22.8. The molecule has 180 valence electrons. The fraction of sp³-hybridized carbons (Fsp3) is 0.333. The molecule has 0 aliphatic rings. The number of anilines is 1. The van der Waals surface area contributed by atoms with E-state index < -0.39 is 5.97 Å². The zero-order chi connectivity index (χ0) is 24.7. The zero-order valence-corrected chi connectivity index (χ0v) is 20.1. The van der Waals surface area contributed by atoms with Crippen LogP contribution in [0.1, 0.15) is 54.4 Å². The molecule has 3 N–H and O–H groups in total. The number of rotatable bonds is 11. The minimum atomic E-state index is -0.944. The number of furan rings is 1. The number of carboxylic acid groups (broad SMARTS) is 1. The average Bonchev–Trinajstić information content (AvgIpc) is 3.20. The van der Waals surface area contributed by atoms with Crippen molar-refractivity contribution in [2.24, 2.45) is 5.92 Å². The molecular weight excluding hydrogens is 432 g/mol. The van der Waals surface area contributed by atoms with E-state index in [0.717, 1.165) is 40.5 Å². The molecule has 1 amide bonds. The molecule has 1 aromatic heterocycles. The number of carboxylic acids is 1. The highest BCUT2D eigenvalue weighted by molar-refractivity contribution is 5.94. The second kappa shape index (κ2) is 11.4. The van der Waals surface area contributed by atoms with Crippen LogP contribution in [-0.2, 0) is 4.79 Å². The molecule has 1 heterocycles. The molecule has 0 aliphatic carbocycles. The van der Waals surface area contributed by atoms with Gasteiger partial charge in [-0.2, -0.15) is 0 Å². The molecule has 0 radical (unpaired) electrons. The molecule has 0 spiro atoms. The summed E-state index contributed by atoms with van der Waals surface area (Å²) < 4.78 is 11.3. The van der Waals surface area contributed by atoms with Gasteiger partial charge in [0.05, 0.1) is 19.6 Å². The van der Waals surface area contributed by atoms with Gasteiger partial charge in [-0.05, 0) is 73.9 Å². The van der Waals surface area contributed by atoms with Crippen LogP contribution in [0, 0.1) is 12.8 Å². The number of carbonyl (C=O) groups excluding carboxylic acids is 1. The molecule has 34 heavy (non-hydrogen) atoms. The Morgan fingerprint density at radius 1 is 1.06 bits per heavy atom. The number of benzene rings is 2. The first-order chi connectivity index (χ1) is 16.3.